The van der Waals surface area contributed by atoms with Crippen LogP contribution in [0.3, 0.4) is 0 Å². The van der Waals surface area contributed by atoms with Crippen molar-refractivity contribution in [1.29, 1.82) is 0 Å². The average molecular weight is 673 g/mol. The number of carbonyl (C=O) groups excluding carboxylic acids is 2. The van der Waals surface area contributed by atoms with E-state index in [1.807, 2.05) is 12.1 Å². The van der Waals surface area contributed by atoms with Crippen LogP contribution >= 0.6 is 58.5 Å². The van der Waals surface area contributed by atoms with Crippen LogP contribution in [0.5, 0.6) is 0 Å². The first-order valence-corrected chi connectivity index (χ1v) is 16.7. The Balaban J connectivity index is 1.34. The highest BCUT2D eigenvalue weighted by Crippen LogP contribution is 2.41. The van der Waals surface area contributed by atoms with E-state index in [1.54, 1.807) is 35.2 Å². The van der Waals surface area contributed by atoms with E-state index in [0.29, 0.717) is 58.0 Å². The molecule has 5 N–H and O–H groups in total. The van der Waals surface area contributed by atoms with E-state index in [-0.39, 0.29) is 17.4 Å². The van der Waals surface area contributed by atoms with Crippen molar-refractivity contribution in [1.82, 2.24) is 10.2 Å². The fourth-order valence-corrected chi connectivity index (χ4v) is 8.16. The Bertz CT molecular complexity index is 1390. The third kappa shape index (κ3) is 7.94. The molecule has 0 radical (unpaired) electrons. The molecule has 3 heterocycles. The lowest BCUT2D eigenvalue weighted by atomic mass is 10.0. The van der Waals surface area contributed by atoms with E-state index in [1.165, 1.54) is 40.2 Å². The maximum Gasteiger partial charge on any atom is 0.352 e. The number of carboxylic acids is 2. The van der Waals surface area contributed by atoms with Crippen LogP contribution in [0.15, 0.2) is 63.8 Å². The predicted molar refractivity (Wildman–Crippen MR) is 164 cm³/mol. The third-order valence-electron chi connectivity index (χ3n) is 6.63. The summed E-state index contributed by atoms with van der Waals surface area (Å²) in [6, 6.07) is 7.83. The van der Waals surface area contributed by atoms with Crippen LogP contribution in [0.25, 0.3) is 0 Å². The zero-order valence-corrected chi connectivity index (χ0v) is 26.2. The molecular formula is C27H29Cl2N4O6S3+. The molecule has 4 rings (SSSR count). The van der Waals surface area contributed by atoms with Crippen molar-refractivity contribution in [2.45, 2.75) is 40.6 Å². The van der Waals surface area contributed by atoms with Gasteiger partial charge in [-0.2, -0.15) is 0 Å². The first-order valence-electron chi connectivity index (χ1n) is 12.9. The molecule has 0 unspecified atom stereocenters. The van der Waals surface area contributed by atoms with Gasteiger partial charge >= 0.3 is 11.9 Å². The van der Waals surface area contributed by atoms with Gasteiger partial charge in [0.15, 0.2) is 18.9 Å². The summed E-state index contributed by atoms with van der Waals surface area (Å²) in [5, 5.41) is 22.6. The number of benzene rings is 1. The van der Waals surface area contributed by atoms with Crippen molar-refractivity contribution < 1.29 is 34.0 Å². The van der Waals surface area contributed by atoms with Gasteiger partial charge in [0.25, 0.3) is 5.91 Å². The van der Waals surface area contributed by atoms with E-state index < -0.39 is 35.2 Å². The van der Waals surface area contributed by atoms with Crippen LogP contribution in [0.4, 0.5) is 0 Å². The second-order valence-corrected chi connectivity index (χ2v) is 13.6. The van der Waals surface area contributed by atoms with Crippen molar-refractivity contribution in [3.05, 3.63) is 64.0 Å². The van der Waals surface area contributed by atoms with E-state index in [2.05, 4.69) is 5.32 Å². The Kier molecular flexibility index (Phi) is 11.5. The number of carbonyl (C=O) groups is 4. The van der Waals surface area contributed by atoms with Gasteiger partial charge in [0.1, 0.15) is 23.0 Å². The fraction of sp³-hybridized carbons (Fsp3) is 0.370. The number of halogens is 2. The maximum atomic E-state index is 13.0. The number of fused-ring (bicyclic) bond motifs is 1. The van der Waals surface area contributed by atoms with Crippen molar-refractivity contribution in [3.63, 3.8) is 0 Å². The number of hydrogen-bond donors (Lipinski definition) is 4. The molecule has 42 heavy (non-hydrogen) atoms. The maximum absolute atomic E-state index is 13.0. The molecule has 10 nitrogen and oxygen atoms in total. The molecule has 15 heteroatoms. The van der Waals surface area contributed by atoms with E-state index in [4.69, 9.17) is 28.9 Å². The van der Waals surface area contributed by atoms with Gasteiger partial charge in [0, 0.05) is 38.5 Å². The van der Waals surface area contributed by atoms with Gasteiger partial charge in [0.2, 0.25) is 5.91 Å². The summed E-state index contributed by atoms with van der Waals surface area (Å²) >= 11 is 16.2. The van der Waals surface area contributed by atoms with E-state index >= 15 is 0 Å². The van der Waals surface area contributed by atoms with Crippen molar-refractivity contribution in [2.24, 2.45) is 11.7 Å². The summed E-state index contributed by atoms with van der Waals surface area (Å²) in [6.07, 6.45) is 4.72. The molecule has 224 valence electrons. The minimum atomic E-state index is -1.19. The van der Waals surface area contributed by atoms with E-state index in [9.17, 15) is 29.4 Å². The molecular weight excluding hydrogens is 643 g/mol. The summed E-state index contributed by atoms with van der Waals surface area (Å²) < 4.78 is 1.80. The number of nitrogens with zero attached hydrogens (tertiary/aromatic N) is 2. The van der Waals surface area contributed by atoms with Crippen molar-refractivity contribution >= 4 is 82.2 Å². The lowest BCUT2D eigenvalue weighted by molar-refractivity contribution is -0.701. The van der Waals surface area contributed by atoms with Crippen LogP contribution < -0.4 is 15.6 Å². The number of aromatic nitrogens is 1. The molecule has 1 saturated heterocycles. The standard InChI is InChI=1S/C27H28Cl2N4O6S3/c28-17-3-4-19(29)20(10-17)41-14-21(34)31-22-24(35)33-23(27(38)39)16(13-42-25(22)33)12-40-18-5-8-32(9-6-18)11-15(26(36)37)2-1-7-30/h3-6,8-10,15,22,25H,1-2,7,11-14,30H2,(H2-,31,34,36,37,38,39)/p+1/t15-,22+,25+/m0/s1. The molecule has 0 aliphatic carbocycles. The summed E-state index contributed by atoms with van der Waals surface area (Å²) in [4.78, 5) is 52.0. The van der Waals surface area contributed by atoms with Gasteiger partial charge in [-0.3, -0.25) is 19.3 Å². The van der Waals surface area contributed by atoms with Crippen LogP contribution in [0.1, 0.15) is 12.8 Å². The van der Waals surface area contributed by atoms with Crippen molar-refractivity contribution in [3.8, 4) is 0 Å². The molecule has 1 fully saturated rings. The zero-order valence-electron chi connectivity index (χ0n) is 22.2. The highest BCUT2D eigenvalue weighted by molar-refractivity contribution is 8.01. The Morgan fingerprint density at radius 2 is 1.90 bits per heavy atom. The number of pyridine rings is 1. The van der Waals surface area contributed by atoms with Crippen LogP contribution in [0, 0.1) is 5.92 Å². The SMILES string of the molecule is NCCC[C@@H](C[n+]1ccc(SCC2=C(C(=O)O)N3C(=O)[C@@H](NC(=O)CSc4cc(Cl)ccc4Cl)[C@H]3SC2)cc1)C(=O)O. The summed E-state index contributed by atoms with van der Waals surface area (Å²) in [7, 11) is 0. The molecule has 2 aliphatic heterocycles. The highest BCUT2D eigenvalue weighted by atomic mass is 35.5. The normalized spacial score (nSPS) is 18.7. The Morgan fingerprint density at radius 1 is 1.17 bits per heavy atom. The predicted octanol–water partition coefficient (Wildman–Crippen LogP) is 3.34. The Morgan fingerprint density at radius 3 is 2.57 bits per heavy atom. The smallest absolute Gasteiger partial charge is 0.352 e. The average Bonchev–Trinajstić information content (AvgIpc) is 2.97. The number of thioether (sulfide) groups is 3. The Hall–Kier alpha value is -2.42. The van der Waals surface area contributed by atoms with Crippen molar-refractivity contribution in [2.75, 3.05) is 23.8 Å². The van der Waals surface area contributed by atoms with Gasteiger partial charge in [-0.1, -0.05) is 23.2 Å². The largest absolute Gasteiger partial charge is 0.481 e. The lowest BCUT2D eigenvalue weighted by Crippen LogP contribution is -2.70. The molecule has 2 aliphatic rings. The van der Waals surface area contributed by atoms with Crippen LogP contribution in [-0.4, -0.2) is 74.1 Å². The highest BCUT2D eigenvalue weighted by Gasteiger charge is 2.54. The van der Waals surface area contributed by atoms with E-state index in [0.717, 1.165) is 4.90 Å². The van der Waals surface area contributed by atoms with Gasteiger partial charge in [-0.05, 0) is 43.2 Å². The molecule has 0 spiro atoms. The van der Waals surface area contributed by atoms with Crippen LogP contribution in [-0.2, 0) is 25.7 Å². The lowest BCUT2D eigenvalue weighted by Gasteiger charge is -2.49. The molecule has 2 amide bonds. The molecule has 1 aromatic carbocycles. The number of aliphatic carboxylic acids is 2. The fourth-order valence-electron chi connectivity index (χ4n) is 4.48. The number of nitrogens with two attached hydrogens (primary N) is 1. The van der Waals surface area contributed by atoms with Crippen LogP contribution in [0.2, 0.25) is 10.0 Å². The first-order chi connectivity index (χ1) is 20.1. The molecule has 0 saturated carbocycles. The second kappa shape index (κ2) is 14.8. The summed E-state index contributed by atoms with van der Waals surface area (Å²) in [6.45, 7) is 0.768. The number of hydrogen-bond acceptors (Lipinski definition) is 8. The number of nitrogens with one attached hydrogen (secondary N) is 1. The molecule has 2 aromatic rings. The number of rotatable bonds is 14. The summed E-state index contributed by atoms with van der Waals surface area (Å²) in [5.74, 6) is -2.64. The molecule has 0 bridgehead atoms. The Labute approximate surface area is 265 Å². The van der Waals surface area contributed by atoms with Gasteiger partial charge in [0.05, 0.1) is 10.8 Å². The third-order valence-corrected chi connectivity index (χ3v) is 10.8. The zero-order chi connectivity index (χ0) is 30.4. The van der Waals surface area contributed by atoms with Gasteiger partial charge in [-0.15, -0.1) is 35.3 Å². The topological polar surface area (TPSA) is 154 Å². The minimum Gasteiger partial charge on any atom is -0.481 e. The minimum absolute atomic E-state index is 0.0203. The second-order valence-electron chi connectivity index (χ2n) is 9.56. The van der Waals surface area contributed by atoms with Gasteiger partial charge < -0.3 is 21.3 Å². The number of carboxylic acid groups (broad SMARTS) is 2. The summed E-state index contributed by atoms with van der Waals surface area (Å²) in [5.41, 5.74) is 6.08. The number of β-lactam (4-membered cyclic amide) rings is 1. The number of amides is 2. The monoisotopic (exact) mass is 671 g/mol. The first kappa shape index (κ1) is 32.5. The molecule has 3 atom stereocenters. The van der Waals surface area contributed by atoms with Gasteiger partial charge in [-0.25, -0.2) is 9.36 Å². The molecule has 1 aromatic heterocycles. The quantitative estimate of drug-likeness (QED) is 0.134.